The molecule has 3 aromatic carbocycles. The number of aromatic nitrogens is 1. The molecular weight excluding hydrogens is 382 g/mol. The molecule has 144 valence electrons. The van der Waals surface area contributed by atoms with Gasteiger partial charge in [0, 0.05) is 12.1 Å². The normalized spacial score (nSPS) is 12.0. The molecule has 1 heterocycles. The van der Waals surface area contributed by atoms with Crippen LogP contribution in [0.4, 0.5) is 0 Å². The summed E-state index contributed by atoms with van der Waals surface area (Å²) in [5.41, 5.74) is 14.7. The molecule has 4 aromatic rings. The Balaban J connectivity index is 1.87. The molecule has 4 rings (SSSR count). The van der Waals surface area contributed by atoms with Crippen LogP contribution < -0.4 is 11.5 Å². The van der Waals surface area contributed by atoms with Crippen LogP contribution in [0, 0.1) is 0 Å². The molecule has 0 fully saturated rings. The van der Waals surface area contributed by atoms with Gasteiger partial charge in [0.1, 0.15) is 0 Å². The molecule has 0 aliphatic heterocycles. The van der Waals surface area contributed by atoms with Crippen LogP contribution in [0.2, 0.25) is 0 Å². The summed E-state index contributed by atoms with van der Waals surface area (Å²) in [7, 11) is 0. The second kappa shape index (κ2) is 7.95. The van der Waals surface area contributed by atoms with Gasteiger partial charge in [-0.25, -0.2) is 4.98 Å². The van der Waals surface area contributed by atoms with Gasteiger partial charge in [-0.1, -0.05) is 54.6 Å². The maximum atomic E-state index is 13.6. The van der Waals surface area contributed by atoms with E-state index in [9.17, 15) is 9.59 Å². The van der Waals surface area contributed by atoms with Gasteiger partial charge in [-0.05, 0) is 34.9 Å². The molecule has 1 amide bonds. The summed E-state index contributed by atoms with van der Waals surface area (Å²) in [6.07, 6.45) is 0. The molecule has 1 atom stereocenters. The monoisotopic (exact) mass is 401 g/mol. The first kappa shape index (κ1) is 19.0. The summed E-state index contributed by atoms with van der Waals surface area (Å²) in [6.45, 7) is 0.411. The molecule has 0 aliphatic carbocycles. The third-order valence-corrected chi connectivity index (χ3v) is 5.90. The molecule has 0 saturated carbocycles. The van der Waals surface area contributed by atoms with Crippen LogP contribution in [0.15, 0.2) is 72.8 Å². The van der Waals surface area contributed by atoms with E-state index >= 15 is 0 Å². The Hall–Kier alpha value is -3.35. The lowest BCUT2D eigenvalue weighted by Crippen LogP contribution is -2.21. The number of carbonyl (C=O) groups is 2. The minimum Gasteiger partial charge on any atom is -0.366 e. The van der Waals surface area contributed by atoms with Crippen LogP contribution >= 0.6 is 11.3 Å². The molecule has 0 bridgehead atoms. The Morgan fingerprint density at radius 2 is 1.62 bits per heavy atom. The molecule has 0 radical (unpaired) electrons. The number of hydrogen-bond donors (Lipinski definition) is 2. The molecule has 0 aliphatic rings. The smallest absolute Gasteiger partial charge is 0.249 e. The second-order valence-corrected chi connectivity index (χ2v) is 7.71. The van der Waals surface area contributed by atoms with Crippen molar-refractivity contribution in [1.29, 1.82) is 0 Å². The standard InChI is InChI=1S/C23H19N3O2S/c24-13-14-9-11-15(12-10-14)20(16-5-1-2-6-17(16)22(25)28)21(27)23-26-18-7-3-4-8-19(18)29-23/h1-12,20H,13,24H2,(H2,25,28). The number of para-hydroxylation sites is 1. The van der Waals surface area contributed by atoms with Gasteiger partial charge in [0.25, 0.3) is 0 Å². The van der Waals surface area contributed by atoms with Crippen molar-refractivity contribution in [3.8, 4) is 0 Å². The Morgan fingerprint density at radius 3 is 2.31 bits per heavy atom. The number of hydrogen-bond acceptors (Lipinski definition) is 5. The fourth-order valence-electron chi connectivity index (χ4n) is 3.39. The highest BCUT2D eigenvalue weighted by Gasteiger charge is 2.29. The van der Waals surface area contributed by atoms with E-state index in [0.717, 1.165) is 21.3 Å². The first-order chi connectivity index (χ1) is 14.1. The van der Waals surface area contributed by atoms with E-state index in [0.29, 0.717) is 22.7 Å². The van der Waals surface area contributed by atoms with Crippen molar-refractivity contribution in [3.63, 3.8) is 0 Å². The molecule has 5 nitrogen and oxygen atoms in total. The third-order valence-electron chi connectivity index (χ3n) is 4.85. The quantitative estimate of drug-likeness (QED) is 0.479. The van der Waals surface area contributed by atoms with E-state index in [1.165, 1.54) is 11.3 Å². The first-order valence-electron chi connectivity index (χ1n) is 9.16. The molecule has 4 N–H and O–H groups in total. The maximum Gasteiger partial charge on any atom is 0.249 e. The van der Waals surface area contributed by atoms with Gasteiger partial charge < -0.3 is 11.5 Å². The molecule has 0 spiro atoms. The van der Waals surface area contributed by atoms with Crippen molar-refractivity contribution in [3.05, 3.63) is 100 Å². The number of carbonyl (C=O) groups excluding carboxylic acids is 2. The lowest BCUT2D eigenvalue weighted by atomic mass is 9.84. The largest absolute Gasteiger partial charge is 0.366 e. The van der Waals surface area contributed by atoms with Gasteiger partial charge in [0.15, 0.2) is 5.01 Å². The fourth-order valence-corrected chi connectivity index (χ4v) is 4.33. The minimum atomic E-state index is -0.689. The highest BCUT2D eigenvalue weighted by molar-refractivity contribution is 7.20. The van der Waals surface area contributed by atoms with E-state index in [2.05, 4.69) is 4.98 Å². The first-order valence-corrected chi connectivity index (χ1v) is 9.97. The van der Waals surface area contributed by atoms with E-state index in [-0.39, 0.29) is 5.78 Å². The van der Waals surface area contributed by atoms with Gasteiger partial charge in [0.05, 0.1) is 16.1 Å². The zero-order valence-corrected chi connectivity index (χ0v) is 16.4. The van der Waals surface area contributed by atoms with Crippen molar-refractivity contribution >= 4 is 33.2 Å². The number of ketones is 1. The van der Waals surface area contributed by atoms with Crippen molar-refractivity contribution in [1.82, 2.24) is 4.98 Å². The SMILES string of the molecule is NCc1ccc(C(C(=O)c2nc3ccccc3s2)c2ccccc2C(N)=O)cc1. The van der Waals surface area contributed by atoms with Crippen molar-refractivity contribution in [2.45, 2.75) is 12.5 Å². The topological polar surface area (TPSA) is 99.1 Å². The number of nitrogens with two attached hydrogens (primary N) is 2. The average molecular weight is 401 g/mol. The number of Topliss-reactive ketones (excluding diaryl/α,β-unsaturated/α-hetero) is 1. The minimum absolute atomic E-state index is 0.166. The number of primary amides is 1. The lowest BCUT2D eigenvalue weighted by molar-refractivity contribution is 0.0972. The Morgan fingerprint density at radius 1 is 0.931 bits per heavy atom. The Bertz CT molecular complexity index is 1170. The average Bonchev–Trinajstić information content (AvgIpc) is 3.19. The number of thiazole rings is 1. The van der Waals surface area contributed by atoms with Gasteiger partial charge >= 0.3 is 0 Å². The van der Waals surface area contributed by atoms with Crippen molar-refractivity contribution < 1.29 is 9.59 Å². The molecule has 29 heavy (non-hydrogen) atoms. The zero-order chi connectivity index (χ0) is 20.4. The highest BCUT2D eigenvalue weighted by atomic mass is 32.1. The lowest BCUT2D eigenvalue weighted by Gasteiger charge is -2.18. The second-order valence-electron chi connectivity index (χ2n) is 6.68. The van der Waals surface area contributed by atoms with E-state index in [4.69, 9.17) is 11.5 Å². The van der Waals surface area contributed by atoms with Crippen LogP contribution in [0.25, 0.3) is 10.2 Å². The fraction of sp³-hybridized carbons (Fsp3) is 0.0870. The highest BCUT2D eigenvalue weighted by Crippen LogP contribution is 2.33. The predicted octanol–water partition coefficient (Wildman–Crippen LogP) is 3.87. The van der Waals surface area contributed by atoms with E-state index in [1.54, 1.807) is 24.3 Å². The number of fused-ring (bicyclic) bond motifs is 1. The van der Waals surface area contributed by atoms with Crippen LogP contribution in [0.3, 0.4) is 0 Å². The Labute approximate surface area is 172 Å². The molecule has 1 aromatic heterocycles. The number of rotatable bonds is 6. The van der Waals surface area contributed by atoms with Crippen molar-refractivity contribution in [2.75, 3.05) is 0 Å². The third kappa shape index (κ3) is 3.68. The van der Waals surface area contributed by atoms with Crippen LogP contribution in [0.1, 0.15) is 42.8 Å². The maximum absolute atomic E-state index is 13.6. The molecular formula is C23H19N3O2S. The number of benzene rings is 3. The molecule has 1 unspecified atom stereocenters. The van der Waals surface area contributed by atoms with Gasteiger partial charge in [-0.3, -0.25) is 9.59 Å². The summed E-state index contributed by atoms with van der Waals surface area (Å²) in [6, 6.07) is 22.1. The summed E-state index contributed by atoms with van der Waals surface area (Å²) in [4.78, 5) is 30.2. The number of amides is 1. The summed E-state index contributed by atoms with van der Waals surface area (Å²) < 4.78 is 0.941. The van der Waals surface area contributed by atoms with Crippen LogP contribution in [-0.4, -0.2) is 16.7 Å². The molecule has 6 heteroatoms. The summed E-state index contributed by atoms with van der Waals surface area (Å²) >= 11 is 1.35. The number of nitrogens with zero attached hydrogens (tertiary/aromatic N) is 1. The summed E-state index contributed by atoms with van der Waals surface area (Å²) in [5, 5.41) is 0.401. The van der Waals surface area contributed by atoms with Gasteiger partial charge in [0.2, 0.25) is 11.7 Å². The van der Waals surface area contributed by atoms with Crippen LogP contribution in [0.5, 0.6) is 0 Å². The summed E-state index contributed by atoms with van der Waals surface area (Å²) in [5.74, 6) is -1.42. The van der Waals surface area contributed by atoms with Crippen molar-refractivity contribution in [2.24, 2.45) is 11.5 Å². The van der Waals surface area contributed by atoms with Gasteiger partial charge in [-0.2, -0.15) is 0 Å². The van der Waals surface area contributed by atoms with E-state index < -0.39 is 11.8 Å². The van der Waals surface area contributed by atoms with E-state index in [1.807, 2.05) is 48.5 Å². The Kier molecular flexibility index (Phi) is 5.20. The van der Waals surface area contributed by atoms with Crippen LogP contribution in [-0.2, 0) is 6.54 Å². The van der Waals surface area contributed by atoms with Gasteiger partial charge in [-0.15, -0.1) is 11.3 Å². The predicted molar refractivity (Wildman–Crippen MR) is 115 cm³/mol. The zero-order valence-electron chi connectivity index (χ0n) is 15.5. The molecule has 0 saturated heterocycles.